The standard InChI is InChI=1S/C22H29N3O5/c1-24-10-8-21-17-13-4-5-14(28-3)18(17)30-19(21)15(29-20(26)25(2)11-9-23)6-7-22(21,27)16(24)12-13/h4-6,16,19,27H,7-12,23H2,1-3H3/t16-,19?,21+,22-/m1/s1. The molecule has 8 heteroatoms. The topological polar surface area (TPSA) is 97.5 Å². The Morgan fingerprint density at radius 1 is 1.47 bits per heavy atom. The number of amides is 1. The molecule has 8 nitrogen and oxygen atoms in total. The minimum absolute atomic E-state index is 0.0300. The van der Waals surface area contributed by atoms with Crippen molar-refractivity contribution in [1.82, 2.24) is 9.80 Å². The maximum atomic E-state index is 12.6. The summed E-state index contributed by atoms with van der Waals surface area (Å²) in [6, 6.07) is 3.97. The average Bonchev–Trinajstić information content (AvgIpc) is 3.08. The minimum atomic E-state index is -1.01. The molecule has 2 heterocycles. The van der Waals surface area contributed by atoms with Gasteiger partial charge >= 0.3 is 6.09 Å². The zero-order valence-corrected chi connectivity index (χ0v) is 17.7. The van der Waals surface area contributed by atoms with Crippen LogP contribution in [0.5, 0.6) is 11.5 Å². The lowest BCUT2D eigenvalue weighted by molar-refractivity contribution is -0.163. The van der Waals surface area contributed by atoms with Gasteiger partial charge in [-0.1, -0.05) is 6.07 Å². The number of methoxy groups -OCH3 is 1. The number of hydrogen-bond acceptors (Lipinski definition) is 7. The number of piperidine rings is 1. The molecule has 0 radical (unpaired) electrons. The van der Waals surface area contributed by atoms with Crippen LogP contribution in [0.25, 0.3) is 0 Å². The van der Waals surface area contributed by atoms with E-state index in [0.717, 1.165) is 18.5 Å². The van der Waals surface area contributed by atoms with Crippen LogP contribution in [0.1, 0.15) is 24.0 Å². The number of rotatable bonds is 4. The molecule has 1 amide bonds. The fraction of sp³-hybridized carbons (Fsp3) is 0.591. The summed E-state index contributed by atoms with van der Waals surface area (Å²) in [4.78, 5) is 16.3. The van der Waals surface area contributed by atoms with E-state index in [1.54, 1.807) is 14.2 Å². The van der Waals surface area contributed by atoms with E-state index in [-0.39, 0.29) is 6.04 Å². The molecule has 2 aliphatic heterocycles. The monoisotopic (exact) mass is 415 g/mol. The molecule has 3 N–H and O–H groups in total. The van der Waals surface area contributed by atoms with Crippen molar-refractivity contribution < 1.29 is 24.1 Å². The van der Waals surface area contributed by atoms with Crippen LogP contribution >= 0.6 is 0 Å². The molecule has 1 aromatic rings. The number of likely N-dealkylation sites (tertiary alicyclic amines) is 1. The molecule has 5 rings (SSSR count). The summed E-state index contributed by atoms with van der Waals surface area (Å²) in [7, 11) is 5.34. The Balaban J connectivity index is 1.64. The summed E-state index contributed by atoms with van der Waals surface area (Å²) in [5.41, 5.74) is 6.09. The van der Waals surface area contributed by atoms with Gasteiger partial charge in [-0.15, -0.1) is 0 Å². The van der Waals surface area contributed by atoms with Crippen molar-refractivity contribution in [3.63, 3.8) is 0 Å². The Morgan fingerprint density at radius 3 is 3.00 bits per heavy atom. The summed E-state index contributed by atoms with van der Waals surface area (Å²) >= 11 is 0. The number of carbonyl (C=O) groups is 1. The third-order valence-corrected chi connectivity index (χ3v) is 7.54. The highest BCUT2D eigenvalue weighted by Crippen LogP contribution is 2.65. The lowest BCUT2D eigenvalue weighted by Crippen LogP contribution is -2.74. The number of likely N-dealkylation sites (N-methyl/N-ethyl adjacent to an activating group) is 2. The third-order valence-electron chi connectivity index (χ3n) is 7.54. The summed E-state index contributed by atoms with van der Waals surface area (Å²) in [6.07, 6.45) is 2.64. The second kappa shape index (κ2) is 6.60. The number of ether oxygens (including phenoxy) is 3. The predicted molar refractivity (Wildman–Crippen MR) is 110 cm³/mol. The molecular weight excluding hydrogens is 386 g/mol. The van der Waals surface area contributed by atoms with Gasteiger partial charge in [-0.05, 0) is 44.1 Å². The minimum Gasteiger partial charge on any atom is -0.493 e. The van der Waals surface area contributed by atoms with Crippen molar-refractivity contribution >= 4 is 6.09 Å². The van der Waals surface area contributed by atoms with Gasteiger partial charge in [0.15, 0.2) is 17.6 Å². The van der Waals surface area contributed by atoms with Gasteiger partial charge < -0.3 is 34.9 Å². The fourth-order valence-corrected chi connectivity index (χ4v) is 6.05. The van der Waals surface area contributed by atoms with Gasteiger partial charge in [0.05, 0.1) is 18.1 Å². The molecule has 0 saturated carbocycles. The Morgan fingerprint density at radius 2 is 2.27 bits per heavy atom. The zero-order chi connectivity index (χ0) is 21.3. The first-order valence-electron chi connectivity index (χ1n) is 10.5. The average molecular weight is 415 g/mol. The van der Waals surface area contributed by atoms with E-state index in [1.807, 2.05) is 12.1 Å². The Bertz CT molecular complexity index is 934. The van der Waals surface area contributed by atoms with Crippen LogP contribution < -0.4 is 15.2 Å². The van der Waals surface area contributed by atoms with Gasteiger partial charge in [0.1, 0.15) is 5.76 Å². The lowest BCUT2D eigenvalue weighted by Gasteiger charge is -2.61. The van der Waals surface area contributed by atoms with Crippen molar-refractivity contribution in [2.24, 2.45) is 5.73 Å². The van der Waals surface area contributed by atoms with Crippen molar-refractivity contribution in [3.8, 4) is 11.5 Å². The SMILES string of the molecule is COc1ccc2c3c1OC1C(OC(=O)N(C)CCN)=CC[C@@]4(O)[C@@H](C2)N(C)CC[C@]314. The van der Waals surface area contributed by atoms with Crippen LogP contribution in [0.3, 0.4) is 0 Å². The van der Waals surface area contributed by atoms with Crippen molar-refractivity contribution in [1.29, 1.82) is 0 Å². The largest absolute Gasteiger partial charge is 0.493 e. The van der Waals surface area contributed by atoms with Crippen LogP contribution in [0.4, 0.5) is 4.79 Å². The van der Waals surface area contributed by atoms with Gasteiger partial charge in [-0.3, -0.25) is 0 Å². The molecule has 4 atom stereocenters. The summed E-state index contributed by atoms with van der Waals surface area (Å²) in [5.74, 6) is 1.77. The predicted octanol–water partition coefficient (Wildman–Crippen LogP) is 1.00. The number of benzene rings is 1. The van der Waals surface area contributed by atoms with E-state index >= 15 is 0 Å². The molecule has 2 aliphatic carbocycles. The van der Waals surface area contributed by atoms with E-state index in [0.29, 0.717) is 43.2 Å². The normalized spacial score (nSPS) is 33.3. The molecule has 2 bridgehead atoms. The number of hydrogen-bond donors (Lipinski definition) is 2. The van der Waals surface area contributed by atoms with Gasteiger partial charge in [0.2, 0.25) is 0 Å². The number of carbonyl (C=O) groups excluding carboxylic acids is 1. The third kappa shape index (κ3) is 2.29. The van der Waals surface area contributed by atoms with E-state index < -0.39 is 23.2 Å². The molecule has 1 fully saturated rings. The number of nitrogens with zero attached hydrogens (tertiary/aromatic N) is 2. The van der Waals surface area contributed by atoms with Crippen LogP contribution in [0.15, 0.2) is 24.0 Å². The Kier molecular flexibility index (Phi) is 4.33. The van der Waals surface area contributed by atoms with Crippen molar-refractivity contribution in [2.45, 2.75) is 42.4 Å². The number of nitrogens with two attached hydrogens (primary N) is 1. The molecule has 1 aromatic carbocycles. The first-order chi connectivity index (χ1) is 14.4. The van der Waals surface area contributed by atoms with Gasteiger partial charge in [-0.2, -0.15) is 0 Å². The highest BCUT2D eigenvalue weighted by molar-refractivity contribution is 5.70. The Hall–Kier alpha value is -2.29. The summed E-state index contributed by atoms with van der Waals surface area (Å²) in [6.45, 7) is 1.59. The highest BCUT2D eigenvalue weighted by Gasteiger charge is 2.72. The molecule has 1 saturated heterocycles. The zero-order valence-electron chi connectivity index (χ0n) is 17.7. The first-order valence-corrected chi connectivity index (χ1v) is 10.5. The highest BCUT2D eigenvalue weighted by atomic mass is 16.6. The molecule has 4 aliphatic rings. The van der Waals surface area contributed by atoms with E-state index in [1.165, 1.54) is 10.5 Å². The summed E-state index contributed by atoms with van der Waals surface area (Å²) in [5, 5.41) is 12.1. The quantitative estimate of drug-likeness (QED) is 0.757. The van der Waals surface area contributed by atoms with Crippen LogP contribution in [0.2, 0.25) is 0 Å². The second-order valence-electron chi connectivity index (χ2n) is 8.86. The maximum Gasteiger partial charge on any atom is 0.414 e. The second-order valence-corrected chi connectivity index (χ2v) is 8.86. The van der Waals surface area contributed by atoms with Crippen LogP contribution in [-0.4, -0.2) is 79.6 Å². The molecular formula is C22H29N3O5. The molecule has 1 unspecified atom stereocenters. The van der Waals surface area contributed by atoms with Gasteiger partial charge in [-0.25, -0.2) is 4.79 Å². The van der Waals surface area contributed by atoms with Gasteiger partial charge in [0.25, 0.3) is 0 Å². The van der Waals surface area contributed by atoms with Crippen LogP contribution in [-0.2, 0) is 16.6 Å². The molecule has 0 aromatic heterocycles. The Labute approximate surface area is 176 Å². The first kappa shape index (κ1) is 19.7. The summed E-state index contributed by atoms with van der Waals surface area (Å²) < 4.78 is 17.8. The van der Waals surface area contributed by atoms with Crippen LogP contribution in [0, 0.1) is 0 Å². The molecule has 30 heavy (non-hydrogen) atoms. The molecule has 162 valence electrons. The van der Waals surface area contributed by atoms with Gasteiger partial charge in [0, 0.05) is 38.2 Å². The lowest BCUT2D eigenvalue weighted by atomic mass is 9.50. The molecule has 1 spiro atoms. The smallest absolute Gasteiger partial charge is 0.414 e. The van der Waals surface area contributed by atoms with E-state index in [9.17, 15) is 9.90 Å². The van der Waals surface area contributed by atoms with Crippen molar-refractivity contribution in [2.75, 3.05) is 40.8 Å². The van der Waals surface area contributed by atoms with E-state index in [2.05, 4.69) is 18.0 Å². The number of aliphatic hydroxyl groups is 1. The van der Waals surface area contributed by atoms with Crippen molar-refractivity contribution in [3.05, 3.63) is 35.1 Å². The fourth-order valence-electron chi connectivity index (χ4n) is 6.05. The van der Waals surface area contributed by atoms with E-state index in [4.69, 9.17) is 19.9 Å². The maximum absolute atomic E-state index is 12.6.